The van der Waals surface area contributed by atoms with E-state index in [0.717, 1.165) is 0 Å². The number of aromatic nitrogens is 4. The Morgan fingerprint density at radius 3 is 2.79 bits per heavy atom. The zero-order valence-corrected chi connectivity index (χ0v) is 12.9. The average molecular weight is 326 g/mol. The standard InChI is InChI=1S/C16H15FN6O/c1-22(9-12-4-2-3-5-14(12)17)16(24)21-13-6-7-15(19-8-13)23-11-18-10-20-23/h2-8,10-11H,9H2,1H3,(H,21,24). The third kappa shape index (κ3) is 3.54. The smallest absolute Gasteiger partial charge is 0.321 e. The number of carbonyl (C=O) groups is 1. The first kappa shape index (κ1) is 15.6. The summed E-state index contributed by atoms with van der Waals surface area (Å²) in [7, 11) is 1.60. The SMILES string of the molecule is CN(Cc1ccccc1F)C(=O)Nc1ccc(-n2cncn2)nc1. The van der Waals surface area contributed by atoms with Crippen LogP contribution in [0, 0.1) is 5.82 Å². The molecule has 2 aromatic heterocycles. The van der Waals surface area contributed by atoms with Crippen LogP contribution in [0.25, 0.3) is 5.82 Å². The van der Waals surface area contributed by atoms with Crippen molar-refractivity contribution >= 4 is 11.7 Å². The fraction of sp³-hybridized carbons (Fsp3) is 0.125. The number of rotatable bonds is 4. The van der Waals surface area contributed by atoms with Gasteiger partial charge in [0, 0.05) is 19.2 Å². The Morgan fingerprint density at radius 1 is 1.29 bits per heavy atom. The van der Waals surface area contributed by atoms with Gasteiger partial charge in [0.05, 0.1) is 11.9 Å². The predicted octanol–water partition coefficient (Wildman–Crippen LogP) is 2.47. The number of hydrogen-bond acceptors (Lipinski definition) is 4. The predicted molar refractivity (Wildman–Crippen MR) is 86.0 cm³/mol. The zero-order valence-electron chi connectivity index (χ0n) is 12.9. The quantitative estimate of drug-likeness (QED) is 0.799. The summed E-state index contributed by atoms with van der Waals surface area (Å²) in [5, 5.41) is 6.68. The molecule has 0 fully saturated rings. The number of urea groups is 1. The van der Waals surface area contributed by atoms with Gasteiger partial charge in [-0.2, -0.15) is 5.10 Å². The molecule has 0 aliphatic carbocycles. The number of anilines is 1. The van der Waals surface area contributed by atoms with Gasteiger partial charge in [-0.1, -0.05) is 18.2 Å². The molecular formula is C16H15FN6O. The van der Waals surface area contributed by atoms with Gasteiger partial charge < -0.3 is 10.2 Å². The van der Waals surface area contributed by atoms with Crippen LogP contribution >= 0.6 is 0 Å². The Morgan fingerprint density at radius 2 is 2.12 bits per heavy atom. The molecule has 122 valence electrons. The summed E-state index contributed by atoms with van der Waals surface area (Å²) in [6.45, 7) is 0.170. The summed E-state index contributed by atoms with van der Waals surface area (Å²) in [5.41, 5.74) is 0.985. The molecule has 2 heterocycles. The summed E-state index contributed by atoms with van der Waals surface area (Å²) in [4.78, 5) is 21.6. The molecule has 3 aromatic rings. The van der Waals surface area contributed by atoms with Crippen LogP contribution in [0.5, 0.6) is 0 Å². The number of halogens is 1. The Balaban J connectivity index is 1.63. The number of benzene rings is 1. The van der Waals surface area contributed by atoms with Crippen LogP contribution in [-0.4, -0.2) is 37.7 Å². The lowest BCUT2D eigenvalue weighted by Crippen LogP contribution is -2.31. The first-order chi connectivity index (χ1) is 11.6. The van der Waals surface area contributed by atoms with E-state index in [2.05, 4.69) is 20.4 Å². The van der Waals surface area contributed by atoms with Crippen molar-refractivity contribution in [3.05, 3.63) is 66.6 Å². The fourth-order valence-corrected chi connectivity index (χ4v) is 2.09. The highest BCUT2D eigenvalue weighted by Gasteiger charge is 2.12. The molecule has 0 spiro atoms. The maximum absolute atomic E-state index is 13.6. The number of nitrogens with zero attached hydrogens (tertiary/aromatic N) is 5. The summed E-state index contributed by atoms with van der Waals surface area (Å²) < 4.78 is 15.1. The second-order valence-corrected chi connectivity index (χ2v) is 5.12. The van der Waals surface area contributed by atoms with Crippen LogP contribution in [0.2, 0.25) is 0 Å². The minimum atomic E-state index is -0.353. The number of hydrogen-bond donors (Lipinski definition) is 1. The molecule has 2 amide bonds. The second kappa shape index (κ2) is 6.86. The van der Waals surface area contributed by atoms with Gasteiger partial charge in [-0.3, -0.25) is 0 Å². The van der Waals surface area contributed by atoms with Crippen LogP contribution in [0.3, 0.4) is 0 Å². The Hall–Kier alpha value is -3.29. The van der Waals surface area contributed by atoms with Crippen molar-refractivity contribution in [1.29, 1.82) is 0 Å². The van der Waals surface area contributed by atoms with Crippen LogP contribution < -0.4 is 5.32 Å². The molecule has 7 nitrogen and oxygen atoms in total. The van der Waals surface area contributed by atoms with Crippen molar-refractivity contribution in [2.75, 3.05) is 12.4 Å². The van der Waals surface area contributed by atoms with Crippen molar-refractivity contribution in [1.82, 2.24) is 24.6 Å². The summed E-state index contributed by atoms with van der Waals surface area (Å²) in [6.07, 6.45) is 4.46. The van der Waals surface area contributed by atoms with Crippen LogP contribution in [0.4, 0.5) is 14.9 Å². The molecule has 0 aliphatic heterocycles. The third-order valence-electron chi connectivity index (χ3n) is 3.36. The van der Waals surface area contributed by atoms with Gasteiger partial charge in [-0.15, -0.1) is 0 Å². The van der Waals surface area contributed by atoms with Gasteiger partial charge >= 0.3 is 6.03 Å². The van der Waals surface area contributed by atoms with E-state index in [1.165, 1.54) is 34.5 Å². The molecule has 0 atom stereocenters. The van der Waals surface area contributed by atoms with Gasteiger partial charge in [-0.25, -0.2) is 23.8 Å². The van der Waals surface area contributed by atoms with E-state index in [1.54, 1.807) is 37.4 Å². The molecule has 0 bridgehead atoms. The van der Waals surface area contributed by atoms with Crippen molar-refractivity contribution in [2.45, 2.75) is 6.54 Å². The molecule has 0 radical (unpaired) electrons. The zero-order chi connectivity index (χ0) is 16.9. The monoisotopic (exact) mass is 326 g/mol. The molecule has 8 heteroatoms. The molecule has 0 saturated carbocycles. The third-order valence-corrected chi connectivity index (χ3v) is 3.36. The summed E-state index contributed by atoms with van der Waals surface area (Å²) in [5.74, 6) is 0.251. The minimum Gasteiger partial charge on any atom is -0.323 e. The lowest BCUT2D eigenvalue weighted by Gasteiger charge is -2.18. The average Bonchev–Trinajstić information content (AvgIpc) is 3.12. The number of pyridine rings is 1. The Kier molecular flexibility index (Phi) is 4.46. The Labute approximate surface area is 137 Å². The highest BCUT2D eigenvalue weighted by Crippen LogP contribution is 2.12. The topological polar surface area (TPSA) is 75.9 Å². The second-order valence-electron chi connectivity index (χ2n) is 5.12. The van der Waals surface area contributed by atoms with Crippen molar-refractivity contribution in [3.8, 4) is 5.82 Å². The number of carbonyl (C=O) groups excluding carboxylic acids is 1. The molecular weight excluding hydrogens is 311 g/mol. The van der Waals surface area contributed by atoms with Crippen molar-refractivity contribution in [3.63, 3.8) is 0 Å². The molecule has 0 unspecified atom stereocenters. The fourth-order valence-electron chi connectivity index (χ4n) is 2.09. The summed E-state index contributed by atoms with van der Waals surface area (Å²) in [6, 6.07) is 9.42. The lowest BCUT2D eigenvalue weighted by atomic mass is 10.2. The van der Waals surface area contributed by atoms with Gasteiger partial charge in [0.15, 0.2) is 5.82 Å². The molecule has 0 aliphatic rings. The van der Waals surface area contributed by atoms with Crippen LogP contribution in [0.1, 0.15) is 5.56 Å². The maximum atomic E-state index is 13.6. The molecule has 3 rings (SSSR count). The molecule has 0 saturated heterocycles. The first-order valence-electron chi connectivity index (χ1n) is 7.20. The van der Waals surface area contributed by atoms with Crippen molar-refractivity contribution < 1.29 is 9.18 Å². The van der Waals surface area contributed by atoms with Gasteiger partial charge in [0.2, 0.25) is 0 Å². The highest BCUT2D eigenvalue weighted by molar-refractivity contribution is 5.88. The van der Waals surface area contributed by atoms with E-state index in [4.69, 9.17) is 0 Å². The number of amides is 2. The van der Waals surface area contributed by atoms with Crippen LogP contribution in [0.15, 0.2) is 55.2 Å². The van der Waals surface area contributed by atoms with Gasteiger partial charge in [0.1, 0.15) is 18.5 Å². The molecule has 24 heavy (non-hydrogen) atoms. The van der Waals surface area contributed by atoms with Crippen molar-refractivity contribution in [2.24, 2.45) is 0 Å². The van der Waals surface area contributed by atoms with E-state index in [0.29, 0.717) is 17.1 Å². The van der Waals surface area contributed by atoms with E-state index in [-0.39, 0.29) is 18.4 Å². The van der Waals surface area contributed by atoms with E-state index >= 15 is 0 Å². The minimum absolute atomic E-state index is 0.170. The molecule has 1 aromatic carbocycles. The highest BCUT2D eigenvalue weighted by atomic mass is 19.1. The van der Waals surface area contributed by atoms with Gasteiger partial charge in [0.25, 0.3) is 0 Å². The van der Waals surface area contributed by atoms with Crippen LogP contribution in [-0.2, 0) is 6.54 Å². The summed E-state index contributed by atoms with van der Waals surface area (Å²) >= 11 is 0. The largest absolute Gasteiger partial charge is 0.323 e. The Bertz CT molecular complexity index is 819. The van der Waals surface area contributed by atoms with E-state index in [1.807, 2.05) is 0 Å². The first-order valence-corrected chi connectivity index (χ1v) is 7.20. The van der Waals surface area contributed by atoms with Gasteiger partial charge in [-0.05, 0) is 18.2 Å². The normalized spacial score (nSPS) is 10.4. The molecule has 1 N–H and O–H groups in total. The lowest BCUT2D eigenvalue weighted by molar-refractivity contribution is 0.220. The van der Waals surface area contributed by atoms with E-state index in [9.17, 15) is 9.18 Å². The maximum Gasteiger partial charge on any atom is 0.321 e. The van der Waals surface area contributed by atoms with E-state index < -0.39 is 0 Å². The number of nitrogens with one attached hydrogen (secondary N) is 1.